The number of piperidine rings is 1. The number of hydrogen-bond acceptors (Lipinski definition) is 9. The second kappa shape index (κ2) is 11.2. The topological polar surface area (TPSA) is 110 Å². The molecule has 2 N–H and O–H groups in total. The van der Waals surface area contributed by atoms with Crippen molar-refractivity contribution in [2.24, 2.45) is 0 Å². The van der Waals surface area contributed by atoms with Gasteiger partial charge in [0.2, 0.25) is 5.95 Å². The maximum Gasteiger partial charge on any atom is 0.408 e. The molecule has 0 bridgehead atoms. The van der Waals surface area contributed by atoms with E-state index in [-0.39, 0.29) is 41.6 Å². The van der Waals surface area contributed by atoms with E-state index in [9.17, 15) is 22.7 Å². The minimum Gasteiger partial charge on any atom is -0.390 e. The van der Waals surface area contributed by atoms with Gasteiger partial charge in [-0.1, -0.05) is 0 Å². The average Bonchev–Trinajstić information content (AvgIpc) is 3.29. The number of halogens is 4. The van der Waals surface area contributed by atoms with Crippen LogP contribution in [-0.4, -0.2) is 74.0 Å². The number of aliphatic hydroxyl groups excluding tert-OH is 1. The number of hydrogen-bond donors (Lipinski definition) is 2. The van der Waals surface area contributed by atoms with Gasteiger partial charge in [0.05, 0.1) is 24.4 Å². The van der Waals surface area contributed by atoms with Crippen molar-refractivity contribution in [1.29, 1.82) is 0 Å². The van der Waals surface area contributed by atoms with E-state index < -0.39 is 36.9 Å². The Labute approximate surface area is 222 Å². The lowest BCUT2D eigenvalue weighted by atomic mass is 10.1. The summed E-state index contributed by atoms with van der Waals surface area (Å²) >= 11 is 0. The summed E-state index contributed by atoms with van der Waals surface area (Å²) in [6, 6.07) is 1.18. The third-order valence-corrected chi connectivity index (χ3v) is 7.01. The third-order valence-electron chi connectivity index (χ3n) is 7.01. The molecule has 0 aliphatic carbocycles. The second-order valence-electron chi connectivity index (χ2n) is 9.88. The molecular formula is C25H31F4N7O3. The maximum absolute atomic E-state index is 14.0. The molecule has 3 aromatic heterocycles. The summed E-state index contributed by atoms with van der Waals surface area (Å²) in [6.45, 7) is 3.63. The van der Waals surface area contributed by atoms with Crippen molar-refractivity contribution in [2.75, 3.05) is 29.9 Å². The molecule has 2 aliphatic heterocycles. The van der Waals surface area contributed by atoms with Gasteiger partial charge in [0, 0.05) is 25.4 Å². The highest BCUT2D eigenvalue weighted by atomic mass is 19.4. The molecule has 1 unspecified atom stereocenters. The average molecular weight is 554 g/mol. The highest BCUT2D eigenvalue weighted by Gasteiger charge is 2.40. The summed E-state index contributed by atoms with van der Waals surface area (Å²) < 4.78 is 68.6. The molecule has 0 radical (unpaired) electrons. The van der Waals surface area contributed by atoms with Gasteiger partial charge in [0.25, 0.3) is 0 Å². The third kappa shape index (κ3) is 6.07. The van der Waals surface area contributed by atoms with Gasteiger partial charge in [0.1, 0.15) is 41.3 Å². The van der Waals surface area contributed by atoms with Crippen LogP contribution in [0.5, 0.6) is 0 Å². The van der Waals surface area contributed by atoms with Crippen LogP contribution in [-0.2, 0) is 9.47 Å². The predicted molar refractivity (Wildman–Crippen MR) is 134 cm³/mol. The minimum absolute atomic E-state index is 0.0434. The largest absolute Gasteiger partial charge is 0.408 e. The smallest absolute Gasteiger partial charge is 0.390 e. The molecule has 0 saturated carbocycles. The minimum atomic E-state index is -4.53. The Kier molecular flexibility index (Phi) is 7.87. The highest BCUT2D eigenvalue weighted by Crippen LogP contribution is 2.37. The lowest BCUT2D eigenvalue weighted by Crippen LogP contribution is -2.45. The number of aliphatic hydroxyl groups is 1. The molecule has 10 nitrogen and oxygen atoms in total. The monoisotopic (exact) mass is 553 g/mol. The Morgan fingerprint density at radius 3 is 2.69 bits per heavy atom. The molecule has 0 amide bonds. The van der Waals surface area contributed by atoms with E-state index in [1.807, 2.05) is 0 Å². The fraction of sp³-hybridized carbons (Fsp3) is 0.600. The summed E-state index contributed by atoms with van der Waals surface area (Å²) in [5.74, 6) is 0.968. The molecule has 0 aromatic carbocycles. The number of ether oxygens (including phenoxy) is 2. The van der Waals surface area contributed by atoms with Gasteiger partial charge in [-0.15, -0.1) is 0 Å². The number of pyridine rings is 1. The van der Waals surface area contributed by atoms with E-state index in [0.29, 0.717) is 25.4 Å². The van der Waals surface area contributed by atoms with E-state index in [4.69, 9.17) is 9.47 Å². The van der Waals surface area contributed by atoms with Crippen molar-refractivity contribution in [3.05, 3.63) is 30.4 Å². The lowest BCUT2D eigenvalue weighted by molar-refractivity contribution is -0.190. The first-order valence-corrected chi connectivity index (χ1v) is 13.0. The number of nitrogens with one attached hydrogen (secondary N) is 1. The van der Waals surface area contributed by atoms with Crippen LogP contribution in [0, 0.1) is 0 Å². The van der Waals surface area contributed by atoms with Crippen molar-refractivity contribution in [1.82, 2.24) is 24.5 Å². The molecular weight excluding hydrogens is 522 g/mol. The Balaban J connectivity index is 1.43. The van der Waals surface area contributed by atoms with Gasteiger partial charge in [-0.05, 0) is 45.6 Å². The molecule has 2 saturated heterocycles. The van der Waals surface area contributed by atoms with Crippen molar-refractivity contribution in [3.63, 3.8) is 0 Å². The van der Waals surface area contributed by atoms with Crippen LogP contribution < -0.4 is 10.2 Å². The standard InChI is InChI=1S/C25H31F4N7O3/c1-14(39-22-5-3-4-10-38-22)23-32-17-12-31-21(11-18(17)36(23)15(2)25(27,28)29)33-20-6-8-30-24(34-20)35-9-7-19(37)16(26)13-35/h6,8,11-12,14-16,19,22,37H,3-5,7,9-10,13H2,1-2H3,(H,30,31,33,34)/t14-,15+,16-,19+,22?/m1/s1. The summed E-state index contributed by atoms with van der Waals surface area (Å²) in [5.41, 5.74) is 0.516. The molecule has 39 heavy (non-hydrogen) atoms. The van der Waals surface area contributed by atoms with Gasteiger partial charge in [-0.3, -0.25) is 0 Å². The fourth-order valence-electron chi connectivity index (χ4n) is 4.81. The van der Waals surface area contributed by atoms with Gasteiger partial charge in [0.15, 0.2) is 6.29 Å². The van der Waals surface area contributed by atoms with Crippen LogP contribution in [0.25, 0.3) is 11.0 Å². The molecule has 5 heterocycles. The Hall–Kier alpha value is -3.10. The van der Waals surface area contributed by atoms with Crippen molar-refractivity contribution >= 4 is 28.6 Å². The van der Waals surface area contributed by atoms with Crippen LogP contribution in [0.1, 0.15) is 57.5 Å². The zero-order valence-electron chi connectivity index (χ0n) is 21.6. The van der Waals surface area contributed by atoms with Gasteiger partial charge in [-0.25, -0.2) is 19.3 Å². The van der Waals surface area contributed by atoms with Crippen LogP contribution >= 0.6 is 0 Å². The molecule has 0 spiro atoms. The lowest BCUT2D eigenvalue weighted by Gasteiger charge is -2.32. The van der Waals surface area contributed by atoms with E-state index in [1.54, 1.807) is 17.9 Å². The number of fused-ring (bicyclic) bond motifs is 1. The number of anilines is 3. The van der Waals surface area contributed by atoms with Gasteiger partial charge in [-0.2, -0.15) is 18.2 Å². The number of nitrogens with zero attached hydrogens (tertiary/aromatic N) is 6. The number of alkyl halides is 4. The summed E-state index contributed by atoms with van der Waals surface area (Å²) in [5, 5.41) is 12.7. The molecule has 14 heteroatoms. The number of imidazole rings is 1. The fourth-order valence-corrected chi connectivity index (χ4v) is 4.81. The normalized spacial score (nSPS) is 24.1. The SMILES string of the molecule is C[C@H](n1c([C@@H](C)OC2CCCCO2)nc2cnc(Nc3ccnc(N4CC[C@H](O)[C@H](F)C4)n3)cc21)C(F)(F)F. The second-order valence-corrected chi connectivity index (χ2v) is 9.88. The van der Waals surface area contributed by atoms with Crippen molar-refractivity contribution in [3.8, 4) is 0 Å². The van der Waals surface area contributed by atoms with E-state index in [0.717, 1.165) is 24.3 Å². The van der Waals surface area contributed by atoms with Gasteiger partial charge < -0.3 is 29.4 Å². The Morgan fingerprint density at radius 1 is 1.15 bits per heavy atom. The summed E-state index contributed by atoms with van der Waals surface area (Å²) in [7, 11) is 0. The highest BCUT2D eigenvalue weighted by molar-refractivity contribution is 5.79. The van der Waals surface area contributed by atoms with Crippen LogP contribution in [0.4, 0.5) is 35.1 Å². The quantitative estimate of drug-likeness (QED) is 0.406. The van der Waals surface area contributed by atoms with E-state index in [2.05, 4.69) is 25.3 Å². The van der Waals surface area contributed by atoms with Crippen LogP contribution in [0.15, 0.2) is 24.5 Å². The zero-order valence-corrected chi connectivity index (χ0v) is 21.6. The molecule has 2 aliphatic rings. The molecule has 5 atom stereocenters. The van der Waals surface area contributed by atoms with E-state index in [1.165, 1.54) is 18.5 Å². The summed E-state index contributed by atoms with van der Waals surface area (Å²) in [4.78, 5) is 19.0. The predicted octanol–water partition coefficient (Wildman–Crippen LogP) is 4.60. The van der Waals surface area contributed by atoms with Crippen molar-refractivity contribution in [2.45, 2.75) is 76.4 Å². The molecule has 5 rings (SSSR count). The van der Waals surface area contributed by atoms with Crippen LogP contribution in [0.2, 0.25) is 0 Å². The van der Waals surface area contributed by atoms with Gasteiger partial charge >= 0.3 is 6.18 Å². The first-order valence-electron chi connectivity index (χ1n) is 13.0. The first-order chi connectivity index (χ1) is 18.6. The Bertz CT molecular complexity index is 1280. The van der Waals surface area contributed by atoms with Crippen molar-refractivity contribution < 1.29 is 32.1 Å². The number of rotatable bonds is 7. The molecule has 2 fully saturated rings. The zero-order chi connectivity index (χ0) is 27.7. The van der Waals surface area contributed by atoms with E-state index >= 15 is 0 Å². The Morgan fingerprint density at radius 2 is 1.97 bits per heavy atom. The maximum atomic E-state index is 14.0. The molecule has 212 valence electrons. The van der Waals surface area contributed by atoms with Crippen LogP contribution in [0.3, 0.4) is 0 Å². The summed E-state index contributed by atoms with van der Waals surface area (Å²) in [6.07, 6.45) is -2.57. The first kappa shape index (κ1) is 27.5. The molecule has 3 aromatic rings. The number of aromatic nitrogens is 5.